The molecule has 2 aliphatic carbocycles. The maximum absolute atomic E-state index is 11.7. The van der Waals surface area contributed by atoms with Crippen LogP contribution in [-0.4, -0.2) is 59.3 Å². The third-order valence-electron chi connectivity index (χ3n) is 8.77. The molecule has 2 N–H and O–H groups in total. The Morgan fingerprint density at radius 3 is 1.48 bits per heavy atom. The Morgan fingerprint density at radius 2 is 1.12 bits per heavy atom. The summed E-state index contributed by atoms with van der Waals surface area (Å²) in [6, 6.07) is 16.3. The van der Waals surface area contributed by atoms with Gasteiger partial charge in [0.05, 0.1) is 38.6 Å². The molecule has 2 aromatic heterocycles. The van der Waals surface area contributed by atoms with Crippen molar-refractivity contribution in [2.45, 2.75) is 69.7 Å². The van der Waals surface area contributed by atoms with Gasteiger partial charge in [0.1, 0.15) is 17.3 Å². The average Bonchev–Trinajstić information content (AvgIpc) is 3.10. The molecule has 0 bridgehead atoms. The molecule has 2 saturated carbocycles. The summed E-state index contributed by atoms with van der Waals surface area (Å²) < 4.78 is 20.0. The molecule has 50 heavy (non-hydrogen) atoms. The molecule has 11 nitrogen and oxygen atoms in total. The van der Waals surface area contributed by atoms with E-state index >= 15 is 0 Å². The normalized spacial score (nSPS) is 14.7. The van der Waals surface area contributed by atoms with E-state index in [1.807, 2.05) is 24.3 Å². The average molecular weight is 727 g/mol. The summed E-state index contributed by atoms with van der Waals surface area (Å²) in [6.07, 6.45) is 13.5. The fourth-order valence-corrected chi connectivity index (χ4v) is 5.68. The number of methoxy groups -OCH3 is 2. The molecule has 0 unspecified atom stereocenters. The van der Waals surface area contributed by atoms with E-state index in [1.165, 1.54) is 36.4 Å². The van der Waals surface area contributed by atoms with Gasteiger partial charge in [-0.25, -0.2) is 29.5 Å². The zero-order valence-corrected chi connectivity index (χ0v) is 30.5. The predicted molar refractivity (Wildman–Crippen MR) is 193 cm³/mol. The summed E-state index contributed by atoms with van der Waals surface area (Å²) in [6.45, 7) is 4.19. The van der Waals surface area contributed by atoms with Crippen LogP contribution in [0, 0.1) is 0 Å². The highest BCUT2D eigenvalue weighted by Gasteiger charge is 2.39. The van der Waals surface area contributed by atoms with Gasteiger partial charge in [0.2, 0.25) is 5.28 Å². The van der Waals surface area contributed by atoms with Gasteiger partial charge in [-0.05, 0) is 92.9 Å². The summed E-state index contributed by atoms with van der Waals surface area (Å²) in [5, 5.41) is 0.114. The molecule has 2 fully saturated rings. The lowest BCUT2D eigenvalue weighted by atomic mass is 9.62. The molecule has 0 amide bonds. The van der Waals surface area contributed by atoms with Crippen molar-refractivity contribution in [3.8, 4) is 11.5 Å². The van der Waals surface area contributed by atoms with Crippen LogP contribution >= 0.6 is 24.0 Å². The van der Waals surface area contributed by atoms with Crippen LogP contribution in [0.25, 0.3) is 0 Å². The van der Waals surface area contributed by atoms with Gasteiger partial charge in [0.15, 0.2) is 0 Å². The largest absolute Gasteiger partial charge is 0.497 e. The van der Waals surface area contributed by atoms with Crippen LogP contribution in [0.4, 0.5) is 0 Å². The molecule has 6 rings (SSSR count). The molecular formula is C37H45Cl2N5O6. The van der Waals surface area contributed by atoms with Gasteiger partial charge in [-0.15, -0.1) is 12.4 Å². The first-order valence-electron chi connectivity index (χ1n) is 16.4. The highest BCUT2D eigenvalue weighted by atomic mass is 35.5. The first-order valence-corrected chi connectivity index (χ1v) is 16.7. The zero-order valence-electron chi connectivity index (χ0n) is 28.9. The molecule has 0 spiro atoms. The first-order chi connectivity index (χ1) is 23.6. The number of benzene rings is 2. The molecule has 13 heteroatoms. The van der Waals surface area contributed by atoms with Crippen molar-refractivity contribution in [2.24, 2.45) is 5.73 Å². The van der Waals surface area contributed by atoms with Crippen LogP contribution in [0.2, 0.25) is 5.28 Å². The number of ether oxygens (including phenoxy) is 4. The maximum Gasteiger partial charge on any atom is 0.341 e. The third-order valence-corrected chi connectivity index (χ3v) is 8.96. The highest BCUT2D eigenvalue weighted by Crippen LogP contribution is 2.46. The molecule has 2 heterocycles. The van der Waals surface area contributed by atoms with Crippen LogP contribution in [0.5, 0.6) is 11.5 Å². The molecule has 0 aliphatic heterocycles. The second-order valence-corrected chi connectivity index (χ2v) is 12.2. The van der Waals surface area contributed by atoms with E-state index in [0.29, 0.717) is 24.3 Å². The Kier molecular flexibility index (Phi) is 15.4. The molecule has 268 valence electrons. The van der Waals surface area contributed by atoms with Crippen molar-refractivity contribution in [3.63, 3.8) is 0 Å². The van der Waals surface area contributed by atoms with Gasteiger partial charge < -0.3 is 24.7 Å². The number of aromatic nitrogens is 4. The summed E-state index contributed by atoms with van der Waals surface area (Å²) in [7, 11) is 3.35. The summed E-state index contributed by atoms with van der Waals surface area (Å²) in [5.74, 6) is 1.71. The highest BCUT2D eigenvalue weighted by molar-refractivity contribution is 6.28. The molecular weight excluding hydrogens is 681 g/mol. The van der Waals surface area contributed by atoms with Gasteiger partial charge in [0.25, 0.3) is 0 Å². The summed E-state index contributed by atoms with van der Waals surface area (Å²) in [4.78, 5) is 38.7. The molecule has 0 radical (unpaired) electrons. The second-order valence-electron chi connectivity index (χ2n) is 11.8. The van der Waals surface area contributed by atoms with Crippen LogP contribution < -0.4 is 15.2 Å². The van der Waals surface area contributed by atoms with Crippen molar-refractivity contribution in [1.82, 2.24) is 19.9 Å². The zero-order chi connectivity index (χ0) is 35.3. The quantitative estimate of drug-likeness (QED) is 0.132. The van der Waals surface area contributed by atoms with Crippen molar-refractivity contribution >= 4 is 35.9 Å². The standard InChI is InChI=1S/C19H22N2O3.C11H15NO.C7H7ClN2O2.ClH/c1-3-24-18(22)14-12-20-17(21-13-14)11-19(9-4-10-19)15-5-7-16(23-2)8-6-15;1-13-10-5-3-9(4-6-10)11(12)7-2-8-11;1-2-12-6(11)5-3-9-7(8)10-4-5;/h5-8,12-13H,3-4,9-11H2,1-2H3;3-6H,2,7-8,12H2,1H3;3-4H,2H2,1H3;1H. The number of halogens is 2. The summed E-state index contributed by atoms with van der Waals surface area (Å²) in [5.41, 5.74) is 9.46. The van der Waals surface area contributed by atoms with Gasteiger partial charge in [-0.1, -0.05) is 30.7 Å². The first kappa shape index (κ1) is 40.1. The number of esters is 2. The van der Waals surface area contributed by atoms with Crippen LogP contribution in [0.1, 0.15) is 90.0 Å². The predicted octanol–water partition coefficient (Wildman–Crippen LogP) is 7.09. The Labute approximate surface area is 304 Å². The fourth-order valence-electron chi connectivity index (χ4n) is 5.59. The van der Waals surface area contributed by atoms with Crippen LogP contribution in [-0.2, 0) is 26.8 Å². The number of rotatable bonds is 10. The lowest BCUT2D eigenvalue weighted by Crippen LogP contribution is -2.43. The van der Waals surface area contributed by atoms with Gasteiger partial charge in [-0.2, -0.15) is 0 Å². The second kappa shape index (κ2) is 19.2. The minimum absolute atomic E-state index is 0. The Morgan fingerprint density at radius 1 is 0.700 bits per heavy atom. The minimum atomic E-state index is -0.436. The smallest absolute Gasteiger partial charge is 0.341 e. The summed E-state index contributed by atoms with van der Waals surface area (Å²) >= 11 is 5.42. The SMILES string of the molecule is CCOC(=O)c1cnc(CC2(c3ccc(OC)cc3)CCC2)nc1.CCOC(=O)c1cnc(Cl)nc1.COc1ccc(C2(N)CCC2)cc1.Cl. The van der Waals surface area contributed by atoms with Crippen molar-refractivity contribution in [3.05, 3.63) is 107 Å². The molecule has 4 aromatic rings. The van der Waals surface area contributed by atoms with E-state index in [0.717, 1.165) is 49.4 Å². The van der Waals surface area contributed by atoms with E-state index in [2.05, 4.69) is 44.2 Å². The molecule has 0 saturated heterocycles. The van der Waals surface area contributed by atoms with Gasteiger partial charge >= 0.3 is 11.9 Å². The number of carbonyl (C=O) groups excluding carboxylic acids is 2. The molecule has 0 atom stereocenters. The third kappa shape index (κ3) is 10.6. The molecule has 2 aliphatic rings. The topological polar surface area (TPSA) is 149 Å². The number of nitrogens with zero attached hydrogens (tertiary/aromatic N) is 4. The Bertz CT molecular complexity index is 1630. The number of nitrogens with two attached hydrogens (primary N) is 1. The van der Waals surface area contributed by atoms with Crippen molar-refractivity contribution < 1.29 is 28.5 Å². The van der Waals surface area contributed by atoms with E-state index in [-0.39, 0.29) is 34.6 Å². The van der Waals surface area contributed by atoms with E-state index < -0.39 is 5.97 Å². The molecule has 2 aromatic carbocycles. The lowest BCUT2D eigenvalue weighted by molar-refractivity contribution is 0.0515. The van der Waals surface area contributed by atoms with Gasteiger partial charge in [0, 0.05) is 42.2 Å². The van der Waals surface area contributed by atoms with E-state index in [4.69, 9.17) is 36.3 Å². The van der Waals surface area contributed by atoms with E-state index in [9.17, 15) is 9.59 Å². The van der Waals surface area contributed by atoms with Crippen LogP contribution in [0.15, 0.2) is 73.3 Å². The monoisotopic (exact) mass is 725 g/mol. The number of hydrogen-bond acceptors (Lipinski definition) is 11. The number of carbonyl (C=O) groups is 2. The van der Waals surface area contributed by atoms with Gasteiger partial charge in [-0.3, -0.25) is 0 Å². The Balaban J connectivity index is 0.000000220. The van der Waals surface area contributed by atoms with E-state index in [1.54, 1.807) is 40.5 Å². The minimum Gasteiger partial charge on any atom is -0.497 e. The fraction of sp³-hybridized carbons (Fsp3) is 0.405. The van der Waals surface area contributed by atoms with Crippen LogP contribution in [0.3, 0.4) is 0 Å². The maximum atomic E-state index is 11.7. The van der Waals surface area contributed by atoms with Crippen molar-refractivity contribution in [2.75, 3.05) is 27.4 Å². The number of hydrogen-bond donors (Lipinski definition) is 1. The van der Waals surface area contributed by atoms with Crippen molar-refractivity contribution in [1.29, 1.82) is 0 Å². The Hall–Kier alpha value is -4.32. The lowest BCUT2D eigenvalue weighted by Gasteiger charge is -2.42.